The van der Waals surface area contributed by atoms with Gasteiger partial charge in [0.05, 0.1) is 4.90 Å². The summed E-state index contributed by atoms with van der Waals surface area (Å²) in [6.45, 7) is 0.536. The Hall–Kier alpha value is -2.71. The number of aromatic nitrogens is 1. The second kappa shape index (κ2) is 9.19. The van der Waals surface area contributed by atoms with E-state index < -0.39 is 10.0 Å². The number of amides is 1. The molecule has 0 atom stereocenters. The summed E-state index contributed by atoms with van der Waals surface area (Å²) in [5, 5.41) is 0. The molecule has 0 spiro atoms. The first kappa shape index (κ1) is 21.0. The van der Waals surface area contributed by atoms with Crippen molar-refractivity contribution in [2.75, 3.05) is 18.3 Å². The maximum Gasteiger partial charge on any atom is 0.261 e. The highest BCUT2D eigenvalue weighted by Crippen LogP contribution is 2.19. The van der Waals surface area contributed by atoms with E-state index in [0.29, 0.717) is 24.2 Å². The van der Waals surface area contributed by atoms with E-state index in [2.05, 4.69) is 25.6 Å². The van der Waals surface area contributed by atoms with Gasteiger partial charge in [-0.1, -0.05) is 22.0 Å². The number of likely N-dealkylation sites (N-methyl/N-ethyl adjacent to an activating group) is 1. The molecule has 29 heavy (non-hydrogen) atoms. The van der Waals surface area contributed by atoms with Crippen molar-refractivity contribution in [2.24, 2.45) is 0 Å². The molecule has 3 rings (SSSR count). The molecule has 0 saturated carbocycles. The highest BCUT2D eigenvalue weighted by atomic mass is 79.9. The van der Waals surface area contributed by atoms with Gasteiger partial charge in [-0.3, -0.25) is 14.5 Å². The number of hydrogen-bond acceptors (Lipinski definition) is 4. The Morgan fingerprint density at radius 3 is 2.34 bits per heavy atom. The Kier molecular flexibility index (Phi) is 6.66. The van der Waals surface area contributed by atoms with E-state index >= 15 is 0 Å². The van der Waals surface area contributed by atoms with Crippen molar-refractivity contribution in [2.45, 2.75) is 11.3 Å². The Labute approximate surface area is 178 Å². The normalized spacial score (nSPS) is 11.1. The molecule has 3 aromatic rings. The van der Waals surface area contributed by atoms with E-state index in [1.54, 1.807) is 54.5 Å². The van der Waals surface area contributed by atoms with Crippen LogP contribution < -0.4 is 4.72 Å². The van der Waals surface area contributed by atoms with Crippen molar-refractivity contribution in [3.63, 3.8) is 0 Å². The molecule has 6 nitrogen and oxygen atoms in total. The monoisotopic (exact) mass is 473 g/mol. The number of benzene rings is 2. The number of nitrogens with one attached hydrogen (secondary N) is 1. The number of pyridine rings is 1. The van der Waals surface area contributed by atoms with Crippen LogP contribution in [0.5, 0.6) is 0 Å². The molecule has 150 valence electrons. The summed E-state index contributed by atoms with van der Waals surface area (Å²) in [7, 11) is -1.96. The van der Waals surface area contributed by atoms with Gasteiger partial charge in [0, 0.05) is 47.6 Å². The van der Waals surface area contributed by atoms with Crippen LogP contribution in [0.15, 0.2) is 82.3 Å². The van der Waals surface area contributed by atoms with Gasteiger partial charge in [-0.25, -0.2) is 8.42 Å². The van der Waals surface area contributed by atoms with Crippen molar-refractivity contribution in [3.05, 3.63) is 88.7 Å². The van der Waals surface area contributed by atoms with Crippen LogP contribution in [0.4, 0.5) is 5.69 Å². The Morgan fingerprint density at radius 1 is 1.03 bits per heavy atom. The first-order valence-electron chi connectivity index (χ1n) is 8.89. The lowest BCUT2D eigenvalue weighted by atomic mass is 10.2. The van der Waals surface area contributed by atoms with Crippen molar-refractivity contribution >= 4 is 37.5 Å². The minimum absolute atomic E-state index is 0.136. The minimum Gasteiger partial charge on any atom is -0.341 e. The molecule has 1 N–H and O–H groups in total. The number of anilines is 1. The summed E-state index contributed by atoms with van der Waals surface area (Å²) in [6.07, 6.45) is 2.39. The lowest BCUT2D eigenvalue weighted by Gasteiger charge is -2.17. The number of carbonyl (C=O) groups excluding carboxylic acids is 1. The third kappa shape index (κ3) is 5.65. The molecule has 0 aliphatic rings. The standard InChI is InChI=1S/C21H20BrN3O3S/c1-25(15-13-18-4-2-3-14-23-18)21(26)16-5-9-19(10-6-16)24-29(27,28)20-11-7-17(22)8-12-20/h2-12,14,24H,13,15H2,1H3. The van der Waals surface area contributed by atoms with Crippen molar-refractivity contribution in [1.82, 2.24) is 9.88 Å². The van der Waals surface area contributed by atoms with Crippen LogP contribution in [-0.2, 0) is 16.4 Å². The van der Waals surface area contributed by atoms with Gasteiger partial charge in [0.25, 0.3) is 15.9 Å². The third-order valence-electron chi connectivity index (χ3n) is 4.28. The minimum atomic E-state index is -3.69. The molecule has 0 radical (unpaired) electrons. The van der Waals surface area contributed by atoms with Crippen LogP contribution >= 0.6 is 15.9 Å². The summed E-state index contributed by atoms with van der Waals surface area (Å²) in [4.78, 5) is 18.6. The van der Waals surface area contributed by atoms with Crippen molar-refractivity contribution < 1.29 is 13.2 Å². The third-order valence-corrected chi connectivity index (χ3v) is 6.21. The van der Waals surface area contributed by atoms with Crippen molar-refractivity contribution in [3.8, 4) is 0 Å². The van der Waals surface area contributed by atoms with E-state index in [1.165, 1.54) is 12.1 Å². The van der Waals surface area contributed by atoms with Crippen molar-refractivity contribution in [1.29, 1.82) is 0 Å². The Morgan fingerprint density at radius 2 is 1.72 bits per heavy atom. The van der Waals surface area contributed by atoms with Crippen LogP contribution in [0.25, 0.3) is 0 Å². The fourth-order valence-corrected chi connectivity index (χ4v) is 3.98. The molecule has 8 heteroatoms. The second-order valence-corrected chi connectivity index (χ2v) is 9.03. The zero-order valence-corrected chi connectivity index (χ0v) is 18.2. The fraction of sp³-hybridized carbons (Fsp3) is 0.143. The number of rotatable bonds is 7. The van der Waals surface area contributed by atoms with Gasteiger partial charge >= 0.3 is 0 Å². The van der Waals surface area contributed by atoms with Gasteiger partial charge in [0.2, 0.25) is 0 Å². The quantitative estimate of drug-likeness (QED) is 0.562. The van der Waals surface area contributed by atoms with Gasteiger partial charge in [-0.05, 0) is 60.7 Å². The maximum absolute atomic E-state index is 12.6. The summed E-state index contributed by atoms with van der Waals surface area (Å²) >= 11 is 3.28. The predicted octanol–water partition coefficient (Wildman–Crippen LogP) is 3.96. The number of carbonyl (C=O) groups is 1. The summed E-state index contributed by atoms with van der Waals surface area (Å²) in [5.74, 6) is -0.136. The zero-order valence-electron chi connectivity index (χ0n) is 15.7. The van der Waals surface area contributed by atoms with Gasteiger partial charge in [-0.15, -0.1) is 0 Å². The zero-order chi connectivity index (χ0) is 20.9. The molecular formula is C21H20BrN3O3S. The van der Waals surface area contributed by atoms with Gasteiger partial charge < -0.3 is 4.90 Å². The molecule has 0 aliphatic heterocycles. The number of hydrogen-bond donors (Lipinski definition) is 1. The maximum atomic E-state index is 12.6. The highest BCUT2D eigenvalue weighted by Gasteiger charge is 2.15. The fourth-order valence-electron chi connectivity index (χ4n) is 2.66. The Balaban J connectivity index is 1.63. The topological polar surface area (TPSA) is 79.4 Å². The smallest absolute Gasteiger partial charge is 0.261 e. The molecule has 2 aromatic carbocycles. The first-order chi connectivity index (χ1) is 13.8. The average molecular weight is 474 g/mol. The van der Waals surface area contributed by atoms with E-state index in [1.807, 2.05) is 18.2 Å². The molecule has 0 unspecified atom stereocenters. The van der Waals surface area contributed by atoms with Gasteiger partial charge in [0.15, 0.2) is 0 Å². The molecule has 1 amide bonds. The summed E-state index contributed by atoms with van der Waals surface area (Å²) < 4.78 is 28.2. The van der Waals surface area contributed by atoms with E-state index in [9.17, 15) is 13.2 Å². The highest BCUT2D eigenvalue weighted by molar-refractivity contribution is 9.10. The lowest BCUT2D eigenvalue weighted by molar-refractivity contribution is 0.0796. The van der Waals surface area contributed by atoms with E-state index in [4.69, 9.17) is 0 Å². The van der Waals surface area contributed by atoms with Crippen LogP contribution in [0.1, 0.15) is 16.1 Å². The van der Waals surface area contributed by atoms with Gasteiger partial charge in [0.1, 0.15) is 0 Å². The number of halogens is 1. The van der Waals surface area contributed by atoms with Crippen LogP contribution in [0.2, 0.25) is 0 Å². The second-order valence-electron chi connectivity index (χ2n) is 6.43. The SMILES string of the molecule is CN(CCc1ccccn1)C(=O)c1ccc(NS(=O)(=O)c2ccc(Br)cc2)cc1. The van der Waals surface area contributed by atoms with Crippen LogP contribution in [0.3, 0.4) is 0 Å². The largest absolute Gasteiger partial charge is 0.341 e. The number of sulfonamides is 1. The molecule has 0 aliphatic carbocycles. The molecule has 0 saturated heterocycles. The van der Waals surface area contributed by atoms with Crippen LogP contribution in [0, 0.1) is 0 Å². The first-order valence-corrected chi connectivity index (χ1v) is 11.2. The summed E-state index contributed by atoms with van der Waals surface area (Å²) in [5.41, 5.74) is 1.80. The predicted molar refractivity (Wildman–Crippen MR) is 116 cm³/mol. The Bertz CT molecular complexity index is 1070. The molecule has 0 bridgehead atoms. The summed E-state index contributed by atoms with van der Waals surface area (Å²) in [6, 6.07) is 18.4. The lowest BCUT2D eigenvalue weighted by Crippen LogP contribution is -2.29. The van der Waals surface area contributed by atoms with E-state index in [0.717, 1.165) is 10.2 Å². The van der Waals surface area contributed by atoms with Crippen LogP contribution in [-0.4, -0.2) is 37.8 Å². The van der Waals surface area contributed by atoms with E-state index in [-0.39, 0.29) is 10.8 Å². The average Bonchev–Trinajstić information content (AvgIpc) is 2.73. The molecular weight excluding hydrogens is 454 g/mol. The molecule has 1 heterocycles. The number of nitrogens with zero attached hydrogens (tertiary/aromatic N) is 2. The molecule has 1 aromatic heterocycles. The van der Waals surface area contributed by atoms with Gasteiger partial charge in [-0.2, -0.15) is 0 Å². The molecule has 0 fully saturated rings.